The monoisotopic (exact) mass is 162 g/mol. The normalized spacial score (nSPS) is 13.3. The summed E-state index contributed by atoms with van der Waals surface area (Å²) in [5.74, 6) is 0.0285. The highest BCUT2D eigenvalue weighted by molar-refractivity contribution is 6.45. The van der Waals surface area contributed by atoms with Gasteiger partial charge in [0.15, 0.2) is 0 Å². The van der Waals surface area contributed by atoms with Crippen LogP contribution in [0.4, 0.5) is 0 Å². The molecule has 10 heavy (non-hydrogen) atoms. The molecule has 0 aliphatic carbocycles. The van der Waals surface area contributed by atoms with Crippen molar-refractivity contribution in [2.24, 2.45) is 5.92 Å². The number of carbonyl (C=O) groups excluding carboxylic acids is 1. The first-order valence-corrected chi connectivity index (χ1v) is 5.18. The molecule has 0 aromatic rings. The fraction of sp³-hybridized carbons (Fsp3) is 0.833. The van der Waals surface area contributed by atoms with Crippen molar-refractivity contribution >= 4 is 15.3 Å². The van der Waals surface area contributed by atoms with Crippen LogP contribution in [0, 0.1) is 5.92 Å². The van der Waals surface area contributed by atoms with Crippen molar-refractivity contribution in [3.05, 3.63) is 0 Å². The molecule has 1 N–H and O–H groups in total. The lowest BCUT2D eigenvalue weighted by molar-refractivity contribution is -0.133. The fourth-order valence-corrected chi connectivity index (χ4v) is 1.93. The van der Waals surface area contributed by atoms with Gasteiger partial charge in [0.2, 0.25) is 0 Å². The molecule has 0 saturated carbocycles. The van der Waals surface area contributed by atoms with Gasteiger partial charge in [-0.05, 0) is 5.92 Å². The summed E-state index contributed by atoms with van der Waals surface area (Å²) in [7, 11) is -2.17. The molecule has 0 aliphatic heterocycles. The van der Waals surface area contributed by atoms with E-state index >= 15 is 0 Å². The molecule has 0 saturated heterocycles. The molecule has 0 bridgehead atoms. The Bertz CT molecular complexity index is 114. The molecule has 1 atom stereocenters. The number of rotatable bonds is 3. The van der Waals surface area contributed by atoms with Gasteiger partial charge in [-0.25, -0.2) is 0 Å². The minimum absolute atomic E-state index is 0.375. The maximum Gasteiger partial charge on any atom is 0.382 e. The highest BCUT2D eigenvalue weighted by Gasteiger charge is 2.12. The minimum Gasteiger partial charge on any atom is -0.497 e. The van der Waals surface area contributed by atoms with Crippen molar-refractivity contribution in [3.63, 3.8) is 0 Å². The maximum absolute atomic E-state index is 10.3. The summed E-state index contributed by atoms with van der Waals surface area (Å²) in [6, 6.07) is 0.638. The Morgan fingerprint density at radius 3 is 2.50 bits per heavy atom. The van der Waals surface area contributed by atoms with Gasteiger partial charge in [-0.2, -0.15) is 0 Å². The summed E-state index contributed by atoms with van der Waals surface area (Å²) in [5, 5.41) is 0. The van der Waals surface area contributed by atoms with Crippen LogP contribution in [0.15, 0.2) is 0 Å². The van der Waals surface area contributed by atoms with Crippen LogP contribution in [0.5, 0.6) is 0 Å². The van der Waals surface area contributed by atoms with Crippen molar-refractivity contribution < 1.29 is 14.0 Å². The molecule has 1 unspecified atom stereocenters. The van der Waals surface area contributed by atoms with E-state index in [0.717, 1.165) is 0 Å². The molecule has 0 heterocycles. The van der Waals surface area contributed by atoms with Gasteiger partial charge in [0.1, 0.15) is 0 Å². The predicted molar refractivity (Wildman–Crippen MR) is 40.8 cm³/mol. The average molecular weight is 162 g/mol. The van der Waals surface area contributed by atoms with Gasteiger partial charge in [-0.3, -0.25) is 4.79 Å². The van der Waals surface area contributed by atoms with Crippen LogP contribution in [0.2, 0.25) is 6.04 Å². The summed E-state index contributed by atoms with van der Waals surface area (Å²) in [4.78, 5) is 19.4. The first-order valence-electron chi connectivity index (χ1n) is 3.37. The second kappa shape index (κ2) is 4.46. The van der Waals surface area contributed by atoms with E-state index in [-0.39, 0.29) is 5.97 Å². The summed E-state index contributed by atoms with van der Waals surface area (Å²) in [6.45, 7) is 5.29. The van der Waals surface area contributed by atoms with Crippen LogP contribution in [-0.2, 0) is 9.22 Å². The smallest absolute Gasteiger partial charge is 0.382 e. The molecule has 0 rings (SSSR count). The quantitative estimate of drug-likeness (QED) is 0.612. The van der Waals surface area contributed by atoms with E-state index in [2.05, 4.69) is 4.43 Å². The minimum atomic E-state index is -2.17. The molecule has 0 aromatic heterocycles. The highest BCUT2D eigenvalue weighted by Crippen LogP contribution is 2.03. The zero-order valence-electron chi connectivity index (χ0n) is 6.63. The SMILES string of the molecule is CC(=O)O[SiH](O)CC(C)C. The summed E-state index contributed by atoms with van der Waals surface area (Å²) in [6.07, 6.45) is 0. The number of hydrogen-bond donors (Lipinski definition) is 1. The van der Waals surface area contributed by atoms with Crippen LogP contribution in [0.3, 0.4) is 0 Å². The van der Waals surface area contributed by atoms with Crippen LogP contribution < -0.4 is 0 Å². The third-order valence-electron chi connectivity index (χ3n) is 0.975. The van der Waals surface area contributed by atoms with Gasteiger partial charge in [-0.1, -0.05) is 13.8 Å². The van der Waals surface area contributed by atoms with E-state index in [1.807, 2.05) is 13.8 Å². The van der Waals surface area contributed by atoms with Gasteiger partial charge >= 0.3 is 9.28 Å². The molecular weight excluding hydrogens is 148 g/mol. The topological polar surface area (TPSA) is 46.5 Å². The van der Waals surface area contributed by atoms with Crippen molar-refractivity contribution in [2.45, 2.75) is 26.8 Å². The lowest BCUT2D eigenvalue weighted by Gasteiger charge is -2.09. The van der Waals surface area contributed by atoms with Gasteiger partial charge in [0.25, 0.3) is 5.97 Å². The fourth-order valence-electron chi connectivity index (χ4n) is 0.643. The van der Waals surface area contributed by atoms with Crippen molar-refractivity contribution in [1.29, 1.82) is 0 Å². The van der Waals surface area contributed by atoms with Crippen LogP contribution >= 0.6 is 0 Å². The van der Waals surface area contributed by atoms with Crippen molar-refractivity contribution in [3.8, 4) is 0 Å². The number of carbonyl (C=O) groups is 1. The van der Waals surface area contributed by atoms with Crippen LogP contribution in [0.25, 0.3) is 0 Å². The van der Waals surface area contributed by atoms with Gasteiger partial charge in [-0.15, -0.1) is 0 Å². The summed E-state index contributed by atoms with van der Waals surface area (Å²) < 4.78 is 4.62. The van der Waals surface area contributed by atoms with Gasteiger partial charge in [0.05, 0.1) is 0 Å². The highest BCUT2D eigenvalue weighted by atomic mass is 28.3. The molecular formula is C6H14O3Si. The Morgan fingerprint density at radius 2 is 2.20 bits per heavy atom. The Hall–Kier alpha value is -0.353. The molecule has 0 amide bonds. The average Bonchev–Trinajstić information content (AvgIpc) is 1.58. The number of hydrogen-bond acceptors (Lipinski definition) is 3. The standard InChI is InChI=1S/C6H14O3Si/c1-5(2)4-10(8)9-6(3)7/h5,8,10H,4H2,1-3H3. The first-order chi connectivity index (χ1) is 4.52. The molecule has 60 valence electrons. The zero-order chi connectivity index (χ0) is 8.15. The van der Waals surface area contributed by atoms with E-state index in [1.165, 1.54) is 6.92 Å². The summed E-state index contributed by atoms with van der Waals surface area (Å²) in [5.41, 5.74) is 0. The Balaban J connectivity index is 3.43. The van der Waals surface area contributed by atoms with Crippen molar-refractivity contribution in [1.82, 2.24) is 0 Å². The predicted octanol–water partition coefficient (Wildman–Crippen LogP) is 0.418. The molecule has 0 aromatic carbocycles. The Morgan fingerprint density at radius 1 is 1.70 bits per heavy atom. The van der Waals surface area contributed by atoms with E-state index in [4.69, 9.17) is 4.80 Å². The Labute approximate surface area is 62.9 Å². The third kappa shape index (κ3) is 5.78. The van der Waals surface area contributed by atoms with E-state index in [1.54, 1.807) is 0 Å². The molecule has 3 nitrogen and oxygen atoms in total. The zero-order valence-corrected chi connectivity index (χ0v) is 7.78. The largest absolute Gasteiger partial charge is 0.497 e. The van der Waals surface area contributed by atoms with Crippen LogP contribution in [-0.4, -0.2) is 20.0 Å². The van der Waals surface area contributed by atoms with Gasteiger partial charge < -0.3 is 9.22 Å². The van der Waals surface area contributed by atoms with E-state index in [9.17, 15) is 4.79 Å². The summed E-state index contributed by atoms with van der Waals surface area (Å²) >= 11 is 0. The Kier molecular flexibility index (Phi) is 4.30. The molecule has 0 radical (unpaired) electrons. The second-order valence-electron chi connectivity index (χ2n) is 2.69. The lowest BCUT2D eigenvalue weighted by Crippen LogP contribution is -2.22. The van der Waals surface area contributed by atoms with E-state index < -0.39 is 9.28 Å². The second-order valence-corrected chi connectivity index (χ2v) is 4.31. The van der Waals surface area contributed by atoms with E-state index in [0.29, 0.717) is 12.0 Å². The molecule has 0 spiro atoms. The molecule has 0 fully saturated rings. The third-order valence-corrected chi connectivity index (χ3v) is 2.93. The molecule has 4 heteroatoms. The van der Waals surface area contributed by atoms with Crippen molar-refractivity contribution in [2.75, 3.05) is 0 Å². The first kappa shape index (κ1) is 9.65. The molecule has 0 aliphatic rings. The van der Waals surface area contributed by atoms with Crippen LogP contribution in [0.1, 0.15) is 20.8 Å². The van der Waals surface area contributed by atoms with Gasteiger partial charge in [0, 0.05) is 13.0 Å². The lowest BCUT2D eigenvalue weighted by atomic mass is 10.3. The maximum atomic E-state index is 10.3.